The highest BCUT2D eigenvalue weighted by atomic mass is 15.1. The third kappa shape index (κ3) is 2.59. The normalized spacial score (nSPS) is 22.4. The first-order valence-corrected chi connectivity index (χ1v) is 9.24. The van der Waals surface area contributed by atoms with Gasteiger partial charge in [0.25, 0.3) is 0 Å². The van der Waals surface area contributed by atoms with Crippen molar-refractivity contribution in [1.82, 2.24) is 14.9 Å². The molecule has 3 aliphatic rings. The molecule has 0 amide bonds. The zero-order valence-electron chi connectivity index (χ0n) is 14.6. The largest absolute Gasteiger partial charge is 0.358 e. The van der Waals surface area contributed by atoms with Gasteiger partial charge < -0.3 is 4.98 Å². The molecule has 0 spiro atoms. The smallest absolute Gasteiger partial charge is 0.0465 e. The van der Waals surface area contributed by atoms with Crippen LogP contribution < -0.4 is 0 Å². The van der Waals surface area contributed by atoms with Gasteiger partial charge in [-0.1, -0.05) is 30.4 Å². The predicted octanol–water partition coefficient (Wildman–Crippen LogP) is 4.73. The van der Waals surface area contributed by atoms with Crippen molar-refractivity contribution < 1.29 is 0 Å². The van der Waals surface area contributed by atoms with Gasteiger partial charge in [0.1, 0.15) is 0 Å². The fourth-order valence-electron chi connectivity index (χ4n) is 4.39. The highest BCUT2D eigenvalue weighted by molar-refractivity contribution is 5.95. The van der Waals surface area contributed by atoms with Gasteiger partial charge >= 0.3 is 0 Å². The van der Waals surface area contributed by atoms with Crippen molar-refractivity contribution in [2.75, 3.05) is 13.1 Å². The van der Waals surface area contributed by atoms with Gasteiger partial charge in [0.05, 0.1) is 0 Å². The maximum atomic E-state index is 4.39. The molecule has 1 saturated heterocycles. The highest BCUT2D eigenvalue weighted by Gasteiger charge is 2.30. The summed E-state index contributed by atoms with van der Waals surface area (Å²) in [6.45, 7) is 5.58. The van der Waals surface area contributed by atoms with Crippen LogP contribution in [0, 0.1) is 6.92 Å². The summed E-state index contributed by atoms with van der Waals surface area (Å²) in [5.74, 6) is 0.708. The molecule has 5 heterocycles. The van der Waals surface area contributed by atoms with Crippen LogP contribution in [0.25, 0.3) is 23.1 Å². The second-order valence-corrected chi connectivity index (χ2v) is 7.40. The third-order valence-electron chi connectivity index (χ3n) is 5.76. The molecule has 1 fully saturated rings. The number of fused-ring (bicyclic) bond motifs is 3. The van der Waals surface area contributed by atoms with Crippen molar-refractivity contribution in [3.8, 4) is 0 Å². The maximum absolute atomic E-state index is 4.39. The molecule has 6 rings (SSSR count). The zero-order chi connectivity index (χ0) is 16.8. The number of nitrogens with one attached hydrogen (secondary N) is 1. The third-order valence-corrected chi connectivity index (χ3v) is 5.76. The molecule has 0 saturated carbocycles. The first kappa shape index (κ1) is 14.9. The van der Waals surface area contributed by atoms with Gasteiger partial charge in [-0.25, -0.2) is 0 Å². The van der Waals surface area contributed by atoms with Gasteiger partial charge in [0.15, 0.2) is 0 Å². The summed E-state index contributed by atoms with van der Waals surface area (Å²) < 4.78 is 0. The molecule has 126 valence electrons. The number of nitrogens with zero attached hydrogens (tertiary/aromatic N) is 2. The predicted molar refractivity (Wildman–Crippen MR) is 103 cm³/mol. The number of piperidine rings is 1. The standard InChI is InChI=1S/C22H23N3/c1-15-5-6-16(13-23-15)7-8-17-3-2-4-20-21(17)19-14-25-11-9-18(10-12-25)22(19)24-20/h2-8,13,18,24H,9-12,14H2,1H3. The van der Waals surface area contributed by atoms with Crippen LogP contribution >= 0.6 is 0 Å². The molecular formula is C22H23N3. The molecule has 3 nitrogen and oxygen atoms in total. The quantitative estimate of drug-likeness (QED) is 0.737. The van der Waals surface area contributed by atoms with E-state index < -0.39 is 0 Å². The SMILES string of the molecule is Cc1ccc(C=Cc2cccc3[nH]c4c(c23)CN2CCC4CC2)cn1. The average molecular weight is 329 g/mol. The Morgan fingerprint density at radius 3 is 2.80 bits per heavy atom. The summed E-state index contributed by atoms with van der Waals surface area (Å²) in [5.41, 5.74) is 7.80. The van der Waals surface area contributed by atoms with Gasteiger partial charge in [-0.2, -0.15) is 0 Å². The van der Waals surface area contributed by atoms with Crippen LogP contribution in [-0.4, -0.2) is 28.0 Å². The molecule has 3 aliphatic heterocycles. The molecule has 1 aromatic carbocycles. The van der Waals surface area contributed by atoms with Crippen molar-refractivity contribution in [3.05, 3.63) is 64.6 Å². The Labute approximate surface area is 148 Å². The number of aromatic amines is 1. The van der Waals surface area contributed by atoms with Crippen molar-refractivity contribution in [2.24, 2.45) is 0 Å². The fourth-order valence-corrected chi connectivity index (χ4v) is 4.39. The van der Waals surface area contributed by atoms with Gasteiger partial charge in [0, 0.05) is 41.0 Å². The molecule has 25 heavy (non-hydrogen) atoms. The number of hydrogen-bond donors (Lipinski definition) is 1. The van der Waals surface area contributed by atoms with Crippen LogP contribution in [0.3, 0.4) is 0 Å². The Kier molecular flexibility index (Phi) is 3.49. The number of hydrogen-bond acceptors (Lipinski definition) is 2. The van der Waals surface area contributed by atoms with Crippen LogP contribution in [0.15, 0.2) is 36.5 Å². The van der Waals surface area contributed by atoms with E-state index in [0.717, 1.165) is 17.8 Å². The summed E-state index contributed by atoms with van der Waals surface area (Å²) in [6, 6.07) is 10.8. The minimum Gasteiger partial charge on any atom is -0.358 e. The first-order chi connectivity index (χ1) is 12.3. The summed E-state index contributed by atoms with van der Waals surface area (Å²) in [4.78, 5) is 10.8. The summed E-state index contributed by atoms with van der Waals surface area (Å²) in [5, 5.41) is 1.41. The molecule has 0 atom stereocenters. The van der Waals surface area contributed by atoms with E-state index in [4.69, 9.17) is 0 Å². The van der Waals surface area contributed by atoms with Gasteiger partial charge in [-0.15, -0.1) is 0 Å². The zero-order valence-corrected chi connectivity index (χ0v) is 14.6. The lowest BCUT2D eigenvalue weighted by Crippen LogP contribution is -2.29. The van der Waals surface area contributed by atoms with E-state index in [2.05, 4.69) is 57.4 Å². The fraction of sp³-hybridized carbons (Fsp3) is 0.318. The summed E-state index contributed by atoms with van der Waals surface area (Å²) in [7, 11) is 0. The lowest BCUT2D eigenvalue weighted by atomic mass is 9.94. The number of benzene rings is 1. The number of pyridine rings is 1. The lowest BCUT2D eigenvalue weighted by Gasteiger charge is -2.26. The molecule has 3 heteroatoms. The molecule has 0 radical (unpaired) electrons. The van der Waals surface area contributed by atoms with Gasteiger partial charge in [-0.3, -0.25) is 9.88 Å². The topological polar surface area (TPSA) is 31.9 Å². The Balaban J connectivity index is 1.61. The van der Waals surface area contributed by atoms with E-state index in [1.165, 1.54) is 53.7 Å². The molecule has 1 N–H and O–H groups in total. The molecule has 0 unspecified atom stereocenters. The summed E-state index contributed by atoms with van der Waals surface area (Å²) >= 11 is 0. The lowest BCUT2D eigenvalue weighted by molar-refractivity contribution is 0.220. The summed E-state index contributed by atoms with van der Waals surface area (Å²) in [6.07, 6.45) is 8.94. The van der Waals surface area contributed by atoms with E-state index >= 15 is 0 Å². The minimum absolute atomic E-state index is 0.708. The monoisotopic (exact) mass is 329 g/mol. The number of rotatable bonds is 2. The second-order valence-electron chi connectivity index (χ2n) is 7.40. The Bertz CT molecular complexity index is 941. The van der Waals surface area contributed by atoms with E-state index in [0.29, 0.717) is 5.92 Å². The number of H-pyrrole nitrogens is 1. The van der Waals surface area contributed by atoms with Crippen molar-refractivity contribution in [1.29, 1.82) is 0 Å². The van der Waals surface area contributed by atoms with E-state index in [9.17, 15) is 0 Å². The van der Waals surface area contributed by atoms with Crippen LogP contribution in [0.1, 0.15) is 46.8 Å². The van der Waals surface area contributed by atoms with Crippen molar-refractivity contribution >= 4 is 23.1 Å². The van der Waals surface area contributed by atoms with Crippen LogP contribution in [0.4, 0.5) is 0 Å². The van der Waals surface area contributed by atoms with Crippen LogP contribution in [-0.2, 0) is 6.54 Å². The highest BCUT2D eigenvalue weighted by Crippen LogP contribution is 2.40. The van der Waals surface area contributed by atoms with E-state index in [-0.39, 0.29) is 0 Å². The Morgan fingerprint density at radius 1 is 1.12 bits per heavy atom. The van der Waals surface area contributed by atoms with Crippen LogP contribution in [0.5, 0.6) is 0 Å². The van der Waals surface area contributed by atoms with Gasteiger partial charge in [-0.05, 0) is 61.7 Å². The van der Waals surface area contributed by atoms with E-state index in [1.54, 1.807) is 0 Å². The first-order valence-electron chi connectivity index (χ1n) is 9.24. The number of aryl methyl sites for hydroxylation is 1. The molecule has 3 aromatic rings. The Hall–Kier alpha value is -2.39. The molecule has 2 bridgehead atoms. The minimum atomic E-state index is 0.708. The van der Waals surface area contributed by atoms with E-state index in [1.807, 2.05) is 13.1 Å². The Morgan fingerprint density at radius 2 is 2.00 bits per heavy atom. The molecule has 0 aliphatic carbocycles. The van der Waals surface area contributed by atoms with Gasteiger partial charge in [0.2, 0.25) is 0 Å². The maximum Gasteiger partial charge on any atom is 0.0465 e. The van der Waals surface area contributed by atoms with Crippen molar-refractivity contribution in [3.63, 3.8) is 0 Å². The number of aromatic nitrogens is 2. The van der Waals surface area contributed by atoms with Crippen molar-refractivity contribution in [2.45, 2.75) is 32.2 Å². The average Bonchev–Trinajstić information content (AvgIpc) is 2.82. The molecule has 2 aromatic heterocycles. The second kappa shape index (κ2) is 5.85. The van der Waals surface area contributed by atoms with Crippen LogP contribution in [0.2, 0.25) is 0 Å². The molecular weight excluding hydrogens is 306 g/mol.